The molecule has 2 rings (SSSR count). The number of nitrogens with two attached hydrogens (primary N) is 1. The van der Waals surface area contributed by atoms with Gasteiger partial charge in [0.25, 0.3) is 0 Å². The topological polar surface area (TPSA) is 54.7 Å². The van der Waals surface area contributed by atoms with Crippen LogP contribution in [0.25, 0.3) is 11.8 Å². The maximum atomic E-state index is 9.08. The molecule has 0 spiro atoms. The molecule has 1 aromatic carbocycles. The number of hydrogen-bond acceptors (Lipinski definition) is 2. The second-order valence-corrected chi connectivity index (χ2v) is 6.05. The number of halogens is 2. The summed E-state index contributed by atoms with van der Waals surface area (Å²) in [4.78, 5) is 0.0850. The highest BCUT2D eigenvalue weighted by Crippen LogP contribution is 2.28. The highest BCUT2D eigenvalue weighted by molar-refractivity contribution is 7.80. The summed E-state index contributed by atoms with van der Waals surface area (Å²) in [7, 11) is 0. The zero-order chi connectivity index (χ0) is 16.4. The van der Waals surface area contributed by atoms with Gasteiger partial charge in [-0.2, -0.15) is 5.26 Å². The van der Waals surface area contributed by atoms with Crippen LogP contribution in [0.4, 0.5) is 0 Å². The van der Waals surface area contributed by atoms with Crippen molar-refractivity contribution in [2.45, 2.75) is 13.8 Å². The maximum absolute atomic E-state index is 9.08. The summed E-state index contributed by atoms with van der Waals surface area (Å²) < 4.78 is 2.03. The molecule has 0 bridgehead atoms. The normalized spacial score (nSPS) is 11.3. The van der Waals surface area contributed by atoms with Gasteiger partial charge in [-0.3, -0.25) is 0 Å². The number of aryl methyl sites for hydroxylation is 1. The van der Waals surface area contributed by atoms with Crippen LogP contribution in [0.5, 0.6) is 0 Å². The van der Waals surface area contributed by atoms with Crippen molar-refractivity contribution >= 4 is 46.5 Å². The Morgan fingerprint density at radius 2 is 1.95 bits per heavy atom. The van der Waals surface area contributed by atoms with E-state index in [0.717, 1.165) is 22.6 Å². The van der Waals surface area contributed by atoms with Crippen LogP contribution in [-0.4, -0.2) is 9.56 Å². The van der Waals surface area contributed by atoms with Gasteiger partial charge in [0.05, 0.1) is 15.6 Å². The van der Waals surface area contributed by atoms with Gasteiger partial charge in [0.1, 0.15) is 11.1 Å². The van der Waals surface area contributed by atoms with Crippen LogP contribution < -0.4 is 5.73 Å². The fourth-order valence-electron chi connectivity index (χ4n) is 2.27. The third-order valence-corrected chi connectivity index (χ3v) is 4.28. The Hall–Kier alpha value is -1.80. The summed E-state index contributed by atoms with van der Waals surface area (Å²) >= 11 is 16.9. The second kappa shape index (κ2) is 6.53. The van der Waals surface area contributed by atoms with Crippen molar-refractivity contribution in [1.29, 1.82) is 5.26 Å². The molecule has 0 amide bonds. The predicted octanol–water partition coefficient (Wildman–Crippen LogP) is 4.59. The summed E-state index contributed by atoms with van der Waals surface area (Å²) in [6, 6.07) is 9.42. The molecule has 0 aliphatic rings. The van der Waals surface area contributed by atoms with Crippen LogP contribution in [0.3, 0.4) is 0 Å². The lowest BCUT2D eigenvalue weighted by Crippen LogP contribution is -2.09. The zero-order valence-electron chi connectivity index (χ0n) is 12.0. The van der Waals surface area contributed by atoms with E-state index in [1.54, 1.807) is 18.2 Å². The van der Waals surface area contributed by atoms with Crippen LogP contribution in [0.15, 0.2) is 29.8 Å². The smallest absolute Gasteiger partial charge is 0.114 e. The van der Waals surface area contributed by atoms with E-state index in [1.807, 2.05) is 36.6 Å². The van der Waals surface area contributed by atoms with E-state index >= 15 is 0 Å². The van der Waals surface area contributed by atoms with Gasteiger partial charge in [0.2, 0.25) is 0 Å². The minimum absolute atomic E-state index is 0.0850. The van der Waals surface area contributed by atoms with Crippen LogP contribution in [-0.2, 0) is 0 Å². The van der Waals surface area contributed by atoms with Crippen molar-refractivity contribution < 1.29 is 0 Å². The first-order chi connectivity index (χ1) is 10.3. The van der Waals surface area contributed by atoms with Gasteiger partial charge in [-0.1, -0.05) is 35.4 Å². The molecule has 0 saturated heterocycles. The lowest BCUT2D eigenvalue weighted by Gasteiger charge is -2.10. The standard InChI is InChI=1S/C16H13Cl2N3S/c1-9-5-11(6-12(8-19)16(20)22)10(2)21(9)13-3-4-14(17)15(18)7-13/h3-7H,1-2H3,(H2,20,22)/b12-6-. The van der Waals surface area contributed by atoms with Gasteiger partial charge in [0.15, 0.2) is 0 Å². The molecule has 0 saturated carbocycles. The molecule has 22 heavy (non-hydrogen) atoms. The van der Waals surface area contributed by atoms with E-state index in [9.17, 15) is 0 Å². The summed E-state index contributed by atoms with van der Waals surface area (Å²) in [6.45, 7) is 3.93. The van der Waals surface area contributed by atoms with Crippen molar-refractivity contribution in [1.82, 2.24) is 4.57 Å². The highest BCUT2D eigenvalue weighted by atomic mass is 35.5. The molecule has 0 atom stereocenters. The van der Waals surface area contributed by atoms with Crippen molar-refractivity contribution in [2.24, 2.45) is 5.73 Å². The second-order valence-electron chi connectivity index (χ2n) is 4.79. The van der Waals surface area contributed by atoms with Crippen molar-refractivity contribution in [3.05, 3.63) is 56.8 Å². The molecule has 112 valence electrons. The van der Waals surface area contributed by atoms with Crippen LogP contribution >= 0.6 is 35.4 Å². The Morgan fingerprint density at radius 3 is 2.50 bits per heavy atom. The SMILES string of the molecule is Cc1cc(/C=C(/C#N)C(N)=S)c(C)n1-c1ccc(Cl)c(Cl)c1. The fourth-order valence-corrected chi connectivity index (χ4v) is 2.67. The minimum atomic E-state index is 0.0850. The monoisotopic (exact) mass is 349 g/mol. The number of benzene rings is 1. The average Bonchev–Trinajstić information content (AvgIpc) is 2.73. The molecular formula is C16H13Cl2N3S. The molecule has 2 aromatic rings. The molecule has 0 aliphatic carbocycles. The van der Waals surface area contributed by atoms with Crippen molar-refractivity contribution in [2.75, 3.05) is 0 Å². The number of aromatic nitrogens is 1. The lowest BCUT2D eigenvalue weighted by molar-refractivity contribution is 0.964. The molecule has 0 fully saturated rings. The Kier molecular flexibility index (Phi) is 4.92. The van der Waals surface area contributed by atoms with E-state index < -0.39 is 0 Å². The number of rotatable bonds is 3. The van der Waals surface area contributed by atoms with Crippen LogP contribution in [0.2, 0.25) is 10.0 Å². The number of thiocarbonyl (C=S) groups is 1. The van der Waals surface area contributed by atoms with E-state index in [2.05, 4.69) is 0 Å². The Labute approximate surface area is 144 Å². The summed E-state index contributed by atoms with van der Waals surface area (Å²) in [5, 5.41) is 10.1. The van der Waals surface area contributed by atoms with E-state index in [1.165, 1.54) is 0 Å². The first-order valence-electron chi connectivity index (χ1n) is 6.41. The first-order valence-corrected chi connectivity index (χ1v) is 7.57. The molecule has 6 heteroatoms. The highest BCUT2D eigenvalue weighted by Gasteiger charge is 2.12. The fraction of sp³-hybridized carbons (Fsp3) is 0.125. The molecule has 0 unspecified atom stereocenters. The minimum Gasteiger partial charge on any atom is -0.389 e. The van der Waals surface area contributed by atoms with Gasteiger partial charge in [-0.15, -0.1) is 0 Å². The third kappa shape index (κ3) is 3.17. The summed E-state index contributed by atoms with van der Waals surface area (Å²) in [6.07, 6.45) is 1.69. The quantitative estimate of drug-likeness (QED) is 0.500. The van der Waals surface area contributed by atoms with Crippen molar-refractivity contribution in [3.63, 3.8) is 0 Å². The van der Waals surface area contributed by atoms with E-state index in [-0.39, 0.29) is 10.6 Å². The summed E-state index contributed by atoms with van der Waals surface area (Å²) in [5.41, 5.74) is 9.56. The van der Waals surface area contributed by atoms with E-state index in [4.69, 9.17) is 46.4 Å². The Morgan fingerprint density at radius 1 is 1.27 bits per heavy atom. The zero-order valence-corrected chi connectivity index (χ0v) is 14.4. The van der Waals surface area contributed by atoms with Crippen molar-refractivity contribution in [3.8, 4) is 11.8 Å². The lowest BCUT2D eigenvalue weighted by atomic mass is 10.1. The molecule has 1 heterocycles. The summed E-state index contributed by atoms with van der Waals surface area (Å²) in [5.74, 6) is 0. The maximum Gasteiger partial charge on any atom is 0.114 e. The molecule has 2 N–H and O–H groups in total. The largest absolute Gasteiger partial charge is 0.389 e. The van der Waals surface area contributed by atoms with Crippen LogP contribution in [0.1, 0.15) is 17.0 Å². The molecule has 1 aromatic heterocycles. The molecule has 3 nitrogen and oxygen atoms in total. The van der Waals surface area contributed by atoms with E-state index in [0.29, 0.717) is 10.0 Å². The van der Waals surface area contributed by atoms with Gasteiger partial charge < -0.3 is 10.3 Å². The molecule has 0 aliphatic heterocycles. The van der Waals surface area contributed by atoms with Gasteiger partial charge in [0, 0.05) is 17.1 Å². The van der Waals surface area contributed by atoms with Gasteiger partial charge >= 0.3 is 0 Å². The van der Waals surface area contributed by atoms with Gasteiger partial charge in [-0.25, -0.2) is 0 Å². The Bertz CT molecular complexity index is 829. The molecule has 0 radical (unpaired) electrons. The number of nitrogens with zero attached hydrogens (tertiary/aromatic N) is 2. The number of nitriles is 1. The first kappa shape index (κ1) is 16.6. The molecular weight excluding hydrogens is 337 g/mol. The predicted molar refractivity (Wildman–Crippen MR) is 95.6 cm³/mol. The van der Waals surface area contributed by atoms with Gasteiger partial charge in [-0.05, 0) is 49.8 Å². The van der Waals surface area contributed by atoms with Crippen LogP contribution in [0, 0.1) is 25.2 Å². The number of hydrogen-bond donors (Lipinski definition) is 1. The Balaban J connectivity index is 2.59. The average molecular weight is 350 g/mol. The third-order valence-electron chi connectivity index (χ3n) is 3.32.